The van der Waals surface area contributed by atoms with Crippen molar-refractivity contribution in [2.24, 2.45) is 0 Å². The molecule has 0 aliphatic carbocycles. The van der Waals surface area contributed by atoms with Crippen molar-refractivity contribution in [2.45, 2.75) is 12.8 Å². The minimum atomic E-state index is -0.511. The Hall–Kier alpha value is -3.24. The lowest BCUT2D eigenvalue weighted by Crippen LogP contribution is -2.36. The fourth-order valence-corrected chi connectivity index (χ4v) is 3.88. The summed E-state index contributed by atoms with van der Waals surface area (Å²) in [6.07, 6.45) is 0.432. The molecule has 1 aliphatic rings. The van der Waals surface area contributed by atoms with Crippen LogP contribution in [0.15, 0.2) is 40.2 Å². The van der Waals surface area contributed by atoms with Crippen LogP contribution in [0.3, 0.4) is 0 Å². The number of amides is 1. The summed E-state index contributed by atoms with van der Waals surface area (Å²) in [5.74, 6) is 0.120. The maximum Gasteiger partial charge on any atom is 0.340 e. The van der Waals surface area contributed by atoms with Crippen LogP contribution in [0, 0.1) is 0 Å². The zero-order valence-corrected chi connectivity index (χ0v) is 17.8. The van der Waals surface area contributed by atoms with Crippen molar-refractivity contribution >= 4 is 34.6 Å². The molecule has 0 atom stereocenters. The predicted octanol–water partition coefficient (Wildman–Crippen LogP) is 2.99. The molecule has 1 N–H and O–H groups in total. The number of aromatic nitrogens is 2. The van der Waals surface area contributed by atoms with Crippen LogP contribution in [-0.4, -0.2) is 55.4 Å². The number of ether oxygens (including phenoxy) is 2. The number of esters is 1. The van der Waals surface area contributed by atoms with Gasteiger partial charge in [0.25, 0.3) is 0 Å². The molecule has 0 radical (unpaired) electrons. The molecule has 1 aliphatic heterocycles. The Labute approximate surface area is 183 Å². The summed E-state index contributed by atoms with van der Waals surface area (Å²) in [6, 6.07) is 9.14. The van der Waals surface area contributed by atoms with E-state index >= 15 is 0 Å². The van der Waals surface area contributed by atoms with Gasteiger partial charge in [-0.2, -0.15) is 4.98 Å². The second-order valence-electron chi connectivity index (χ2n) is 6.86. The molecule has 4 rings (SSSR count). The Balaban J connectivity index is 1.41. The van der Waals surface area contributed by atoms with Crippen molar-refractivity contribution in [3.05, 3.63) is 47.2 Å². The number of morpholine rings is 1. The topological polar surface area (TPSA) is 107 Å². The van der Waals surface area contributed by atoms with Gasteiger partial charge in [0.2, 0.25) is 17.6 Å². The first kappa shape index (κ1) is 21.0. The van der Waals surface area contributed by atoms with Gasteiger partial charge in [0, 0.05) is 31.6 Å². The first-order chi connectivity index (χ1) is 15.1. The number of methoxy groups -OCH3 is 1. The van der Waals surface area contributed by atoms with E-state index in [0.717, 1.165) is 23.7 Å². The van der Waals surface area contributed by atoms with E-state index in [1.165, 1.54) is 18.4 Å². The minimum absolute atomic E-state index is 0.137. The highest BCUT2D eigenvalue weighted by Crippen LogP contribution is 2.25. The average Bonchev–Trinajstić information content (AvgIpc) is 3.50. The lowest BCUT2D eigenvalue weighted by atomic mass is 10.1. The molecule has 10 heteroatoms. The predicted molar refractivity (Wildman–Crippen MR) is 115 cm³/mol. The average molecular weight is 442 g/mol. The van der Waals surface area contributed by atoms with Gasteiger partial charge in [0.15, 0.2) is 0 Å². The van der Waals surface area contributed by atoms with Crippen molar-refractivity contribution in [2.75, 3.05) is 43.6 Å². The van der Waals surface area contributed by atoms with E-state index in [9.17, 15) is 9.59 Å². The fraction of sp³-hybridized carbons (Fsp3) is 0.333. The van der Waals surface area contributed by atoms with E-state index in [-0.39, 0.29) is 12.3 Å². The van der Waals surface area contributed by atoms with Crippen LogP contribution in [0.2, 0.25) is 0 Å². The summed E-state index contributed by atoms with van der Waals surface area (Å²) < 4.78 is 15.5. The molecule has 162 valence electrons. The van der Waals surface area contributed by atoms with Crippen molar-refractivity contribution in [1.82, 2.24) is 10.1 Å². The second-order valence-corrected chi connectivity index (χ2v) is 7.81. The zero-order chi connectivity index (χ0) is 21.6. The van der Waals surface area contributed by atoms with Crippen LogP contribution < -0.4 is 10.2 Å². The van der Waals surface area contributed by atoms with Gasteiger partial charge in [-0.15, -0.1) is 11.3 Å². The SMILES string of the molecule is COC(=O)c1cc(N2CCOCC2)ccc1NC(=O)CCc1nc(-c2cccs2)no1. The van der Waals surface area contributed by atoms with Crippen LogP contribution in [0.5, 0.6) is 0 Å². The van der Waals surface area contributed by atoms with E-state index in [0.29, 0.717) is 42.6 Å². The van der Waals surface area contributed by atoms with Crippen molar-refractivity contribution in [3.8, 4) is 10.7 Å². The van der Waals surface area contributed by atoms with Crippen LogP contribution >= 0.6 is 11.3 Å². The first-order valence-electron chi connectivity index (χ1n) is 9.85. The molecule has 3 heterocycles. The van der Waals surface area contributed by atoms with Crippen molar-refractivity contribution in [1.29, 1.82) is 0 Å². The molecule has 9 nitrogen and oxygen atoms in total. The van der Waals surface area contributed by atoms with Crippen LogP contribution in [0.25, 0.3) is 10.7 Å². The Morgan fingerprint density at radius 2 is 2.10 bits per heavy atom. The van der Waals surface area contributed by atoms with Gasteiger partial charge in [0.1, 0.15) is 0 Å². The Morgan fingerprint density at radius 1 is 1.26 bits per heavy atom. The highest BCUT2D eigenvalue weighted by molar-refractivity contribution is 7.13. The highest BCUT2D eigenvalue weighted by Gasteiger charge is 2.19. The molecule has 3 aromatic rings. The molecule has 31 heavy (non-hydrogen) atoms. The van der Waals surface area contributed by atoms with E-state index in [2.05, 4.69) is 20.4 Å². The van der Waals surface area contributed by atoms with E-state index in [1.807, 2.05) is 23.6 Å². The van der Waals surface area contributed by atoms with Gasteiger partial charge in [0.05, 0.1) is 36.5 Å². The third-order valence-electron chi connectivity index (χ3n) is 4.83. The molecular weight excluding hydrogens is 420 g/mol. The fourth-order valence-electron chi connectivity index (χ4n) is 3.23. The summed E-state index contributed by atoms with van der Waals surface area (Å²) in [5.41, 5.74) is 1.59. The summed E-state index contributed by atoms with van der Waals surface area (Å²) in [6.45, 7) is 2.75. The van der Waals surface area contributed by atoms with Gasteiger partial charge < -0.3 is 24.2 Å². The van der Waals surface area contributed by atoms with Crippen molar-refractivity contribution < 1.29 is 23.6 Å². The number of nitrogens with one attached hydrogen (secondary N) is 1. The number of carbonyl (C=O) groups excluding carboxylic acids is 2. The Kier molecular flexibility index (Phi) is 6.58. The molecule has 1 amide bonds. The molecular formula is C21H22N4O5S. The quantitative estimate of drug-likeness (QED) is 0.557. The van der Waals surface area contributed by atoms with Gasteiger partial charge in [-0.05, 0) is 29.6 Å². The number of carbonyl (C=O) groups is 2. The Morgan fingerprint density at radius 3 is 2.84 bits per heavy atom. The van der Waals surface area contributed by atoms with Crippen molar-refractivity contribution in [3.63, 3.8) is 0 Å². The molecule has 0 bridgehead atoms. The summed E-state index contributed by atoms with van der Waals surface area (Å²) in [7, 11) is 1.32. The normalized spacial score (nSPS) is 13.8. The maximum absolute atomic E-state index is 12.5. The standard InChI is InChI=1S/C21H22N4O5S/c1-28-21(27)15-13-14(25-8-10-29-11-9-25)4-5-16(15)22-18(26)6-7-19-23-20(24-30-19)17-3-2-12-31-17/h2-5,12-13H,6-11H2,1H3,(H,22,26). The number of nitrogens with zero attached hydrogens (tertiary/aromatic N) is 3. The molecule has 1 fully saturated rings. The lowest BCUT2D eigenvalue weighted by Gasteiger charge is -2.29. The highest BCUT2D eigenvalue weighted by atomic mass is 32.1. The minimum Gasteiger partial charge on any atom is -0.465 e. The molecule has 1 saturated heterocycles. The van der Waals surface area contributed by atoms with E-state index in [4.69, 9.17) is 14.0 Å². The number of hydrogen-bond acceptors (Lipinski definition) is 9. The van der Waals surface area contributed by atoms with Crippen LogP contribution in [0.4, 0.5) is 11.4 Å². The van der Waals surface area contributed by atoms with Crippen LogP contribution in [-0.2, 0) is 20.7 Å². The maximum atomic E-state index is 12.5. The van der Waals surface area contributed by atoms with Gasteiger partial charge in [-0.3, -0.25) is 4.79 Å². The third kappa shape index (κ3) is 5.09. The summed E-state index contributed by atoms with van der Waals surface area (Å²) in [5, 5.41) is 8.66. The largest absolute Gasteiger partial charge is 0.465 e. The molecule has 0 unspecified atom stereocenters. The molecule has 0 saturated carbocycles. The number of benzene rings is 1. The summed E-state index contributed by atoms with van der Waals surface area (Å²) in [4.78, 5) is 32.1. The van der Waals surface area contributed by atoms with Gasteiger partial charge in [-0.25, -0.2) is 4.79 Å². The first-order valence-corrected chi connectivity index (χ1v) is 10.7. The van der Waals surface area contributed by atoms with Gasteiger partial charge in [-0.1, -0.05) is 11.2 Å². The molecule has 1 aromatic carbocycles. The second kappa shape index (κ2) is 9.71. The number of rotatable bonds is 7. The monoisotopic (exact) mass is 442 g/mol. The number of hydrogen-bond donors (Lipinski definition) is 1. The third-order valence-corrected chi connectivity index (χ3v) is 5.70. The smallest absolute Gasteiger partial charge is 0.340 e. The number of anilines is 2. The van der Waals surface area contributed by atoms with E-state index in [1.54, 1.807) is 12.1 Å². The number of thiophene rings is 1. The summed E-state index contributed by atoms with van der Waals surface area (Å²) >= 11 is 1.51. The lowest BCUT2D eigenvalue weighted by molar-refractivity contribution is -0.116. The number of aryl methyl sites for hydroxylation is 1. The van der Waals surface area contributed by atoms with E-state index < -0.39 is 5.97 Å². The van der Waals surface area contributed by atoms with Crippen LogP contribution in [0.1, 0.15) is 22.7 Å². The zero-order valence-electron chi connectivity index (χ0n) is 17.0. The Bertz CT molecular complexity index is 1040. The molecule has 0 spiro atoms. The van der Waals surface area contributed by atoms with Gasteiger partial charge >= 0.3 is 5.97 Å². The molecule has 2 aromatic heterocycles.